The first-order valence-corrected chi connectivity index (χ1v) is 7.08. The van der Waals surface area contributed by atoms with Gasteiger partial charge in [-0.05, 0) is 17.7 Å². The average molecular weight is 287 g/mol. The van der Waals surface area contributed by atoms with Crippen LogP contribution in [0.5, 0.6) is 0 Å². The van der Waals surface area contributed by atoms with Crippen molar-refractivity contribution in [2.24, 2.45) is 0 Å². The molecule has 0 spiro atoms. The number of aromatic nitrogens is 3. The quantitative estimate of drug-likeness (QED) is 0.812. The lowest BCUT2D eigenvalue weighted by molar-refractivity contribution is -0.116. The van der Waals surface area contributed by atoms with Crippen LogP contribution in [0.3, 0.4) is 0 Å². The fourth-order valence-electron chi connectivity index (χ4n) is 1.95. The molecular formula is C15H21N5O. The van der Waals surface area contributed by atoms with Crippen LogP contribution in [0.4, 0.5) is 5.69 Å². The molecular weight excluding hydrogens is 266 g/mol. The summed E-state index contributed by atoms with van der Waals surface area (Å²) in [6.07, 6.45) is 3.64. The molecule has 0 saturated heterocycles. The smallest absolute Gasteiger partial charge is 0.225 e. The number of rotatable bonds is 7. The summed E-state index contributed by atoms with van der Waals surface area (Å²) >= 11 is 0. The number of nitrogens with one attached hydrogen (secondary N) is 2. The number of anilines is 1. The minimum absolute atomic E-state index is 0.0149. The highest BCUT2D eigenvalue weighted by atomic mass is 16.1. The molecule has 2 N–H and O–H groups in total. The van der Waals surface area contributed by atoms with E-state index in [1.807, 2.05) is 24.3 Å². The van der Waals surface area contributed by atoms with Crippen molar-refractivity contribution in [3.8, 4) is 0 Å². The topological polar surface area (TPSA) is 71.8 Å². The molecule has 1 amide bonds. The lowest BCUT2D eigenvalue weighted by atomic mass is 10.2. The Morgan fingerprint density at radius 3 is 2.95 bits per heavy atom. The van der Waals surface area contributed by atoms with E-state index in [9.17, 15) is 4.79 Å². The van der Waals surface area contributed by atoms with E-state index in [0.717, 1.165) is 11.3 Å². The zero-order valence-corrected chi connectivity index (χ0v) is 12.4. The number of benzene rings is 1. The highest BCUT2D eigenvalue weighted by Gasteiger charge is 2.04. The Morgan fingerprint density at radius 1 is 1.38 bits per heavy atom. The largest absolute Gasteiger partial charge is 0.326 e. The molecule has 0 atom stereocenters. The maximum absolute atomic E-state index is 11.8. The van der Waals surface area contributed by atoms with E-state index in [4.69, 9.17) is 0 Å². The lowest BCUT2D eigenvalue weighted by Crippen LogP contribution is -2.27. The Bertz CT molecular complexity index is 565. The summed E-state index contributed by atoms with van der Waals surface area (Å²) in [5.74, 6) is 0.0149. The fraction of sp³-hybridized carbons (Fsp3) is 0.400. The van der Waals surface area contributed by atoms with Crippen molar-refractivity contribution in [1.82, 2.24) is 20.1 Å². The fourth-order valence-corrected chi connectivity index (χ4v) is 1.95. The van der Waals surface area contributed by atoms with Crippen LogP contribution in [-0.2, 0) is 11.3 Å². The van der Waals surface area contributed by atoms with Crippen LogP contribution >= 0.6 is 0 Å². The van der Waals surface area contributed by atoms with Crippen LogP contribution in [0, 0.1) is 0 Å². The Kier molecular flexibility index (Phi) is 5.45. The molecule has 112 valence electrons. The zero-order valence-electron chi connectivity index (χ0n) is 12.4. The van der Waals surface area contributed by atoms with Gasteiger partial charge in [-0.15, -0.1) is 0 Å². The van der Waals surface area contributed by atoms with Crippen LogP contribution in [0.1, 0.15) is 25.8 Å². The minimum Gasteiger partial charge on any atom is -0.326 e. The molecule has 1 aromatic heterocycles. The standard InChI is InChI=1S/C15H21N5O/c1-12(2)17-7-6-15(21)19-14-5-3-4-13(8-14)9-20-11-16-10-18-20/h3-5,8,10-12,17H,6-7,9H2,1-2H3,(H,19,21). The summed E-state index contributed by atoms with van der Waals surface area (Å²) < 4.78 is 1.74. The normalized spacial score (nSPS) is 10.8. The van der Waals surface area contributed by atoms with Crippen molar-refractivity contribution >= 4 is 11.6 Å². The third kappa shape index (κ3) is 5.35. The second-order valence-corrected chi connectivity index (χ2v) is 5.20. The number of amides is 1. The molecule has 21 heavy (non-hydrogen) atoms. The highest BCUT2D eigenvalue weighted by molar-refractivity contribution is 5.90. The van der Waals surface area contributed by atoms with Crippen molar-refractivity contribution in [1.29, 1.82) is 0 Å². The third-order valence-electron chi connectivity index (χ3n) is 2.93. The summed E-state index contributed by atoms with van der Waals surface area (Å²) in [5, 5.41) is 10.2. The summed E-state index contributed by atoms with van der Waals surface area (Å²) in [6.45, 7) is 5.44. The van der Waals surface area contributed by atoms with Gasteiger partial charge in [0.15, 0.2) is 0 Å². The molecule has 0 saturated carbocycles. The molecule has 2 aromatic rings. The molecule has 0 aliphatic rings. The van der Waals surface area contributed by atoms with Crippen LogP contribution in [-0.4, -0.2) is 33.3 Å². The Labute approximate surface area is 124 Å². The predicted octanol–water partition coefficient (Wildman–Crippen LogP) is 1.65. The van der Waals surface area contributed by atoms with Gasteiger partial charge in [-0.3, -0.25) is 4.79 Å². The third-order valence-corrected chi connectivity index (χ3v) is 2.93. The van der Waals surface area contributed by atoms with Gasteiger partial charge in [0.2, 0.25) is 5.91 Å². The van der Waals surface area contributed by atoms with Crippen molar-refractivity contribution < 1.29 is 4.79 Å². The molecule has 2 rings (SSSR count). The molecule has 0 fully saturated rings. The first-order valence-electron chi connectivity index (χ1n) is 7.08. The van der Waals surface area contributed by atoms with Gasteiger partial charge in [0.05, 0.1) is 6.54 Å². The van der Waals surface area contributed by atoms with E-state index in [0.29, 0.717) is 25.6 Å². The maximum atomic E-state index is 11.8. The molecule has 1 heterocycles. The monoisotopic (exact) mass is 287 g/mol. The number of carbonyl (C=O) groups excluding carboxylic acids is 1. The Morgan fingerprint density at radius 2 is 2.24 bits per heavy atom. The second-order valence-electron chi connectivity index (χ2n) is 5.20. The van der Waals surface area contributed by atoms with Crippen molar-refractivity contribution in [3.05, 3.63) is 42.5 Å². The van der Waals surface area contributed by atoms with Crippen LogP contribution in [0.2, 0.25) is 0 Å². The summed E-state index contributed by atoms with van der Waals surface area (Å²) in [5.41, 5.74) is 1.88. The predicted molar refractivity (Wildman–Crippen MR) is 82.0 cm³/mol. The molecule has 0 radical (unpaired) electrons. The van der Waals surface area contributed by atoms with E-state index >= 15 is 0 Å². The van der Waals surface area contributed by atoms with Gasteiger partial charge in [0, 0.05) is 24.7 Å². The van der Waals surface area contributed by atoms with Gasteiger partial charge in [-0.2, -0.15) is 5.10 Å². The van der Waals surface area contributed by atoms with E-state index in [-0.39, 0.29) is 5.91 Å². The highest BCUT2D eigenvalue weighted by Crippen LogP contribution is 2.11. The summed E-state index contributed by atoms with van der Waals surface area (Å²) in [7, 11) is 0. The molecule has 0 aliphatic heterocycles. The van der Waals surface area contributed by atoms with E-state index < -0.39 is 0 Å². The number of hydrogen-bond donors (Lipinski definition) is 2. The van der Waals surface area contributed by atoms with Gasteiger partial charge >= 0.3 is 0 Å². The SMILES string of the molecule is CC(C)NCCC(=O)Nc1cccc(Cn2cncn2)c1. The molecule has 0 unspecified atom stereocenters. The maximum Gasteiger partial charge on any atom is 0.225 e. The number of carbonyl (C=O) groups is 1. The molecule has 0 bridgehead atoms. The van der Waals surface area contributed by atoms with Crippen LogP contribution in [0.25, 0.3) is 0 Å². The summed E-state index contributed by atoms with van der Waals surface area (Å²) in [6, 6.07) is 8.16. The Hall–Kier alpha value is -2.21. The Balaban J connectivity index is 1.87. The van der Waals surface area contributed by atoms with Crippen molar-refractivity contribution in [2.75, 3.05) is 11.9 Å². The van der Waals surface area contributed by atoms with Crippen molar-refractivity contribution in [3.63, 3.8) is 0 Å². The molecule has 0 aliphatic carbocycles. The van der Waals surface area contributed by atoms with Gasteiger partial charge < -0.3 is 10.6 Å². The number of nitrogens with zero attached hydrogens (tertiary/aromatic N) is 3. The first kappa shape index (κ1) is 15.2. The van der Waals surface area contributed by atoms with Crippen LogP contribution in [0.15, 0.2) is 36.9 Å². The zero-order chi connectivity index (χ0) is 15.1. The van der Waals surface area contributed by atoms with Gasteiger partial charge in [-0.25, -0.2) is 9.67 Å². The number of hydrogen-bond acceptors (Lipinski definition) is 4. The van der Waals surface area contributed by atoms with Gasteiger partial charge in [0.25, 0.3) is 0 Å². The average Bonchev–Trinajstić information content (AvgIpc) is 2.91. The van der Waals surface area contributed by atoms with E-state index in [2.05, 4.69) is 34.6 Å². The molecule has 1 aromatic carbocycles. The minimum atomic E-state index is 0.0149. The second kappa shape index (κ2) is 7.54. The molecule has 6 nitrogen and oxygen atoms in total. The van der Waals surface area contributed by atoms with E-state index in [1.165, 1.54) is 6.33 Å². The van der Waals surface area contributed by atoms with Crippen LogP contribution < -0.4 is 10.6 Å². The van der Waals surface area contributed by atoms with Crippen molar-refractivity contribution in [2.45, 2.75) is 32.9 Å². The molecule has 6 heteroatoms. The van der Waals surface area contributed by atoms with E-state index in [1.54, 1.807) is 11.0 Å². The summed E-state index contributed by atoms with van der Waals surface area (Å²) in [4.78, 5) is 15.8. The van der Waals surface area contributed by atoms with Gasteiger partial charge in [0.1, 0.15) is 12.7 Å². The first-order chi connectivity index (χ1) is 10.1. The van der Waals surface area contributed by atoms with Gasteiger partial charge in [-0.1, -0.05) is 26.0 Å². The lowest BCUT2D eigenvalue weighted by Gasteiger charge is -2.09.